The molecule has 0 saturated carbocycles. The molecule has 12 heavy (non-hydrogen) atoms. The van der Waals surface area contributed by atoms with Crippen LogP contribution in [0.5, 0.6) is 0 Å². The second-order valence-electron chi connectivity index (χ2n) is 3.54. The fraction of sp³-hybridized carbons (Fsp3) is 0.455. The van der Waals surface area contributed by atoms with Gasteiger partial charge < -0.3 is 4.74 Å². The van der Waals surface area contributed by atoms with E-state index in [9.17, 15) is 0 Å². The number of hydrogen-bond donors (Lipinski definition) is 0. The molecule has 1 aromatic rings. The normalized spacial score (nSPS) is 23.6. The van der Waals surface area contributed by atoms with Gasteiger partial charge in [-0.15, -0.1) is 0 Å². The summed E-state index contributed by atoms with van der Waals surface area (Å²) in [6.45, 7) is 3.22. The van der Waals surface area contributed by atoms with Gasteiger partial charge in [-0.05, 0) is 17.9 Å². The molecule has 0 bridgehead atoms. The highest BCUT2D eigenvalue weighted by atomic mass is 16.6. The van der Waals surface area contributed by atoms with Crippen molar-refractivity contribution in [1.82, 2.24) is 0 Å². The Morgan fingerprint density at radius 1 is 1.42 bits per heavy atom. The number of benzene rings is 1. The van der Waals surface area contributed by atoms with Crippen LogP contribution in [0.1, 0.15) is 12.5 Å². The topological polar surface area (TPSA) is 12.5 Å². The summed E-state index contributed by atoms with van der Waals surface area (Å²) < 4.78 is 5.24. The van der Waals surface area contributed by atoms with Gasteiger partial charge in [0.25, 0.3) is 0 Å². The first-order chi connectivity index (χ1) is 5.86. The molecule has 1 aliphatic rings. The smallest absolute Gasteiger partial charge is 0.0838 e. The molecule has 2 atom stereocenters. The van der Waals surface area contributed by atoms with Gasteiger partial charge in [0.2, 0.25) is 0 Å². The molecule has 64 valence electrons. The van der Waals surface area contributed by atoms with Gasteiger partial charge in [-0.1, -0.05) is 37.3 Å². The zero-order chi connectivity index (χ0) is 8.39. The fourth-order valence-electron chi connectivity index (χ4n) is 1.50. The van der Waals surface area contributed by atoms with Gasteiger partial charge in [0.1, 0.15) is 0 Å². The van der Waals surface area contributed by atoms with Crippen LogP contribution in [0.4, 0.5) is 0 Å². The SMILES string of the molecule is CC(Cc1ccccc1)[C@H]1CO1. The Bertz CT molecular complexity index is 238. The zero-order valence-corrected chi connectivity index (χ0v) is 7.36. The fourth-order valence-corrected chi connectivity index (χ4v) is 1.50. The van der Waals surface area contributed by atoms with E-state index in [2.05, 4.69) is 37.3 Å². The van der Waals surface area contributed by atoms with E-state index < -0.39 is 0 Å². The van der Waals surface area contributed by atoms with Crippen molar-refractivity contribution in [2.75, 3.05) is 6.61 Å². The van der Waals surface area contributed by atoms with E-state index in [0.29, 0.717) is 12.0 Å². The van der Waals surface area contributed by atoms with Crippen LogP contribution in [0, 0.1) is 5.92 Å². The second kappa shape index (κ2) is 3.28. The molecule has 2 rings (SSSR count). The highest BCUT2D eigenvalue weighted by Gasteiger charge is 2.28. The minimum atomic E-state index is 0.533. The lowest BCUT2D eigenvalue weighted by Gasteiger charge is -2.06. The maximum absolute atomic E-state index is 5.24. The molecule has 1 heteroatoms. The molecule has 0 spiro atoms. The van der Waals surface area contributed by atoms with Gasteiger partial charge in [0.15, 0.2) is 0 Å². The molecular formula is C11H14O. The van der Waals surface area contributed by atoms with Crippen LogP contribution in [0.25, 0.3) is 0 Å². The Hall–Kier alpha value is -0.820. The van der Waals surface area contributed by atoms with E-state index in [1.807, 2.05) is 0 Å². The van der Waals surface area contributed by atoms with Crippen molar-refractivity contribution in [3.8, 4) is 0 Å². The van der Waals surface area contributed by atoms with E-state index >= 15 is 0 Å². The second-order valence-corrected chi connectivity index (χ2v) is 3.54. The first-order valence-electron chi connectivity index (χ1n) is 4.52. The Kier molecular flexibility index (Phi) is 2.13. The first kappa shape index (κ1) is 7.81. The molecule has 1 aromatic carbocycles. The van der Waals surface area contributed by atoms with Crippen LogP contribution in [0.3, 0.4) is 0 Å². The van der Waals surface area contributed by atoms with Gasteiger partial charge >= 0.3 is 0 Å². The quantitative estimate of drug-likeness (QED) is 0.621. The van der Waals surface area contributed by atoms with Crippen LogP contribution in [0.2, 0.25) is 0 Å². The van der Waals surface area contributed by atoms with E-state index in [4.69, 9.17) is 4.74 Å². The highest BCUT2D eigenvalue weighted by molar-refractivity contribution is 5.15. The third-order valence-corrected chi connectivity index (χ3v) is 2.39. The Balaban J connectivity index is 1.94. The Labute approximate surface area is 73.4 Å². The van der Waals surface area contributed by atoms with Crippen molar-refractivity contribution < 1.29 is 4.74 Å². The lowest BCUT2D eigenvalue weighted by atomic mass is 9.99. The Morgan fingerprint density at radius 3 is 2.67 bits per heavy atom. The third-order valence-electron chi connectivity index (χ3n) is 2.39. The summed E-state index contributed by atoms with van der Waals surface area (Å²) in [6, 6.07) is 10.6. The van der Waals surface area contributed by atoms with Crippen LogP contribution >= 0.6 is 0 Å². The molecule has 0 amide bonds. The van der Waals surface area contributed by atoms with Crippen LogP contribution in [-0.4, -0.2) is 12.7 Å². The monoisotopic (exact) mass is 162 g/mol. The first-order valence-corrected chi connectivity index (χ1v) is 4.52. The van der Waals surface area contributed by atoms with Crippen LogP contribution < -0.4 is 0 Å². The molecular weight excluding hydrogens is 148 g/mol. The summed E-state index contributed by atoms with van der Waals surface area (Å²) in [5.74, 6) is 0.674. The average molecular weight is 162 g/mol. The van der Waals surface area contributed by atoms with E-state index in [-0.39, 0.29) is 0 Å². The van der Waals surface area contributed by atoms with E-state index in [0.717, 1.165) is 13.0 Å². The molecule has 0 N–H and O–H groups in total. The molecule has 1 heterocycles. The van der Waals surface area contributed by atoms with Crippen molar-refractivity contribution in [3.05, 3.63) is 35.9 Å². The van der Waals surface area contributed by atoms with Gasteiger partial charge in [-0.2, -0.15) is 0 Å². The maximum Gasteiger partial charge on any atom is 0.0838 e. The highest BCUT2D eigenvalue weighted by Crippen LogP contribution is 2.22. The largest absolute Gasteiger partial charge is 0.373 e. The lowest BCUT2D eigenvalue weighted by Crippen LogP contribution is -2.06. The maximum atomic E-state index is 5.24. The van der Waals surface area contributed by atoms with Gasteiger partial charge in [-0.3, -0.25) is 0 Å². The Morgan fingerprint density at radius 2 is 2.08 bits per heavy atom. The lowest BCUT2D eigenvalue weighted by molar-refractivity contribution is 0.341. The summed E-state index contributed by atoms with van der Waals surface area (Å²) in [7, 11) is 0. The minimum Gasteiger partial charge on any atom is -0.373 e. The van der Waals surface area contributed by atoms with Crippen molar-refractivity contribution in [2.24, 2.45) is 5.92 Å². The van der Waals surface area contributed by atoms with Gasteiger partial charge in [-0.25, -0.2) is 0 Å². The number of hydrogen-bond acceptors (Lipinski definition) is 1. The molecule has 1 aliphatic heterocycles. The summed E-state index contributed by atoms with van der Waals surface area (Å²) in [4.78, 5) is 0. The molecule has 1 unspecified atom stereocenters. The summed E-state index contributed by atoms with van der Waals surface area (Å²) in [5, 5.41) is 0. The summed E-state index contributed by atoms with van der Waals surface area (Å²) in [5.41, 5.74) is 1.42. The predicted octanol–water partition coefficient (Wildman–Crippen LogP) is 2.26. The number of rotatable bonds is 3. The molecule has 0 aliphatic carbocycles. The number of epoxide rings is 1. The minimum absolute atomic E-state index is 0.533. The van der Waals surface area contributed by atoms with Crippen LogP contribution in [0.15, 0.2) is 30.3 Å². The predicted molar refractivity (Wildman–Crippen MR) is 49.1 cm³/mol. The van der Waals surface area contributed by atoms with E-state index in [1.54, 1.807) is 0 Å². The number of ether oxygens (including phenoxy) is 1. The van der Waals surface area contributed by atoms with Crippen molar-refractivity contribution in [3.63, 3.8) is 0 Å². The van der Waals surface area contributed by atoms with Gasteiger partial charge in [0.05, 0.1) is 12.7 Å². The van der Waals surface area contributed by atoms with Crippen LogP contribution in [-0.2, 0) is 11.2 Å². The standard InChI is InChI=1S/C11H14O/c1-9(11-8-12-11)7-10-5-3-2-4-6-10/h2-6,9,11H,7-8H2,1H3/t9?,11-/m1/s1. The van der Waals surface area contributed by atoms with Crippen molar-refractivity contribution >= 4 is 0 Å². The van der Waals surface area contributed by atoms with Gasteiger partial charge in [0, 0.05) is 0 Å². The van der Waals surface area contributed by atoms with Crippen molar-refractivity contribution in [1.29, 1.82) is 0 Å². The summed E-state index contributed by atoms with van der Waals surface area (Å²) >= 11 is 0. The molecule has 1 saturated heterocycles. The zero-order valence-electron chi connectivity index (χ0n) is 7.36. The average Bonchev–Trinajstić information content (AvgIpc) is 2.88. The van der Waals surface area contributed by atoms with Crippen molar-refractivity contribution in [2.45, 2.75) is 19.4 Å². The summed E-state index contributed by atoms with van der Waals surface area (Å²) in [6.07, 6.45) is 1.68. The van der Waals surface area contributed by atoms with E-state index in [1.165, 1.54) is 5.56 Å². The molecule has 1 nitrogen and oxygen atoms in total. The molecule has 0 radical (unpaired) electrons. The third kappa shape index (κ3) is 1.86. The molecule has 0 aromatic heterocycles. The molecule has 1 fully saturated rings.